The third-order valence-corrected chi connectivity index (χ3v) is 5.56. The van der Waals surface area contributed by atoms with E-state index in [0.29, 0.717) is 19.7 Å². The Morgan fingerprint density at radius 3 is 2.68 bits per heavy atom. The summed E-state index contributed by atoms with van der Waals surface area (Å²) in [6.45, 7) is 1.81. The smallest absolute Gasteiger partial charge is 0.241 e. The quantitative estimate of drug-likeness (QED) is 0.333. The lowest BCUT2D eigenvalue weighted by atomic mass is 10.1. The molecule has 0 aliphatic rings. The summed E-state index contributed by atoms with van der Waals surface area (Å²) in [7, 11) is 1.60. The van der Waals surface area contributed by atoms with Crippen LogP contribution in [0.5, 0.6) is 0 Å². The van der Waals surface area contributed by atoms with E-state index < -0.39 is 0 Å². The van der Waals surface area contributed by atoms with Crippen molar-refractivity contribution in [3.8, 4) is 22.3 Å². The number of methoxy groups -OCH3 is 1. The van der Waals surface area contributed by atoms with Crippen molar-refractivity contribution in [2.75, 3.05) is 20.3 Å². The summed E-state index contributed by atoms with van der Waals surface area (Å²) in [5.74, 6) is -0.110. The molecule has 0 saturated heterocycles. The van der Waals surface area contributed by atoms with Gasteiger partial charge in [0.15, 0.2) is 0 Å². The van der Waals surface area contributed by atoms with Crippen LogP contribution in [0.15, 0.2) is 73.6 Å². The summed E-state index contributed by atoms with van der Waals surface area (Å²) >= 11 is 0. The van der Waals surface area contributed by atoms with Crippen LogP contribution in [0.3, 0.4) is 0 Å². The number of carbonyl (C=O) groups is 1. The lowest BCUT2D eigenvalue weighted by molar-refractivity contribution is -0.122. The molecule has 0 aliphatic heterocycles. The predicted molar refractivity (Wildman–Crippen MR) is 129 cm³/mol. The number of aromatic amines is 1. The van der Waals surface area contributed by atoms with E-state index in [1.54, 1.807) is 24.2 Å². The highest BCUT2D eigenvalue weighted by Crippen LogP contribution is 2.30. The van der Waals surface area contributed by atoms with Crippen molar-refractivity contribution in [3.05, 3.63) is 79.1 Å². The second-order valence-corrected chi connectivity index (χ2v) is 8.00. The number of aromatic nitrogens is 6. The highest BCUT2D eigenvalue weighted by molar-refractivity contribution is 5.95. The first-order valence-electron chi connectivity index (χ1n) is 11.0. The molecule has 172 valence electrons. The van der Waals surface area contributed by atoms with E-state index in [-0.39, 0.29) is 12.5 Å². The van der Waals surface area contributed by atoms with E-state index in [4.69, 9.17) is 4.74 Å². The van der Waals surface area contributed by atoms with Gasteiger partial charge in [-0.3, -0.25) is 14.2 Å². The second kappa shape index (κ2) is 9.72. The zero-order valence-corrected chi connectivity index (χ0v) is 18.8. The molecular formula is C25H25N7O2. The summed E-state index contributed by atoms with van der Waals surface area (Å²) in [5, 5.41) is 12.7. The van der Waals surface area contributed by atoms with Gasteiger partial charge in [0, 0.05) is 66.1 Å². The Labute approximate surface area is 196 Å². The molecule has 0 unspecified atom stereocenters. The second-order valence-electron chi connectivity index (χ2n) is 8.00. The van der Waals surface area contributed by atoms with Gasteiger partial charge in [-0.05, 0) is 11.6 Å². The number of rotatable bonds is 9. The van der Waals surface area contributed by atoms with Gasteiger partial charge >= 0.3 is 0 Å². The lowest BCUT2D eigenvalue weighted by Crippen LogP contribution is -2.30. The average molecular weight is 456 g/mol. The summed E-state index contributed by atoms with van der Waals surface area (Å²) in [4.78, 5) is 19.9. The number of hydrogen-bond acceptors (Lipinski definition) is 5. The van der Waals surface area contributed by atoms with Crippen molar-refractivity contribution in [1.29, 1.82) is 0 Å². The first kappa shape index (κ1) is 21.6. The summed E-state index contributed by atoms with van der Waals surface area (Å²) in [5.41, 5.74) is 5.88. The van der Waals surface area contributed by atoms with Crippen LogP contribution in [0.2, 0.25) is 0 Å². The van der Waals surface area contributed by atoms with E-state index in [0.717, 1.165) is 33.3 Å². The fourth-order valence-electron chi connectivity index (χ4n) is 3.85. The number of fused-ring (bicyclic) bond motifs is 1. The zero-order chi connectivity index (χ0) is 23.3. The summed E-state index contributed by atoms with van der Waals surface area (Å²) in [6.07, 6.45) is 11.3. The molecule has 4 heterocycles. The van der Waals surface area contributed by atoms with E-state index in [1.165, 1.54) is 5.56 Å². The van der Waals surface area contributed by atoms with Gasteiger partial charge in [0.25, 0.3) is 0 Å². The Kier molecular flexibility index (Phi) is 6.17. The number of ether oxygens (including phenoxy) is 1. The minimum Gasteiger partial charge on any atom is -0.383 e. The fraction of sp³-hybridized carbons (Fsp3) is 0.200. The molecule has 0 radical (unpaired) electrons. The van der Waals surface area contributed by atoms with Crippen LogP contribution in [0.4, 0.5) is 0 Å². The Morgan fingerprint density at radius 2 is 1.82 bits per heavy atom. The number of nitrogens with zero attached hydrogens (tertiary/aromatic N) is 5. The number of nitrogens with one attached hydrogen (secondary N) is 2. The van der Waals surface area contributed by atoms with Crippen molar-refractivity contribution in [2.24, 2.45) is 0 Å². The summed E-state index contributed by atoms with van der Waals surface area (Å²) < 4.78 is 8.50. The first-order chi connectivity index (χ1) is 16.7. The molecule has 0 aliphatic carbocycles. The molecule has 0 bridgehead atoms. The lowest BCUT2D eigenvalue weighted by Gasteiger charge is -2.04. The third-order valence-electron chi connectivity index (χ3n) is 5.56. The molecule has 2 N–H and O–H groups in total. The molecule has 5 rings (SSSR count). The molecular weight excluding hydrogens is 430 g/mol. The van der Waals surface area contributed by atoms with Gasteiger partial charge in [-0.15, -0.1) is 0 Å². The number of amides is 1. The summed E-state index contributed by atoms with van der Waals surface area (Å²) in [6, 6.07) is 12.3. The van der Waals surface area contributed by atoms with Crippen molar-refractivity contribution in [2.45, 2.75) is 13.1 Å². The first-order valence-corrected chi connectivity index (χ1v) is 11.0. The topological polar surface area (TPSA) is 103 Å². The zero-order valence-electron chi connectivity index (χ0n) is 18.8. The van der Waals surface area contributed by atoms with E-state index in [9.17, 15) is 4.79 Å². The maximum Gasteiger partial charge on any atom is 0.241 e. The van der Waals surface area contributed by atoms with Crippen molar-refractivity contribution < 1.29 is 9.53 Å². The van der Waals surface area contributed by atoms with Gasteiger partial charge in [0.05, 0.1) is 25.5 Å². The standard InChI is InChI=1S/C25H25N7O2/c1-34-8-7-26-24(33)17-32-15-20(11-29-32)19-9-22-23(13-28-25(22)27-10-19)21-12-30-31(16-21)14-18-5-3-2-4-6-18/h2-6,9-13,15-16H,7-8,14,17H2,1H3,(H,26,33)(H,27,28). The largest absolute Gasteiger partial charge is 0.383 e. The SMILES string of the molecule is COCCNC(=O)Cn1cc(-c2cnc3[nH]cc(-c4cnn(Cc5ccccc5)c4)c3c2)cn1. The van der Waals surface area contributed by atoms with Crippen molar-refractivity contribution in [1.82, 2.24) is 34.8 Å². The molecule has 34 heavy (non-hydrogen) atoms. The number of benzene rings is 1. The van der Waals surface area contributed by atoms with Gasteiger partial charge in [-0.25, -0.2) is 4.98 Å². The molecule has 9 heteroatoms. The van der Waals surface area contributed by atoms with Crippen LogP contribution in [-0.2, 0) is 22.6 Å². The van der Waals surface area contributed by atoms with E-state index in [1.807, 2.05) is 47.7 Å². The fourth-order valence-corrected chi connectivity index (χ4v) is 3.85. The van der Waals surface area contributed by atoms with Gasteiger partial charge in [-0.2, -0.15) is 10.2 Å². The maximum absolute atomic E-state index is 12.0. The van der Waals surface area contributed by atoms with Crippen LogP contribution in [-0.4, -0.2) is 55.7 Å². The number of carbonyl (C=O) groups excluding carboxylic acids is 1. The van der Waals surface area contributed by atoms with Gasteiger partial charge < -0.3 is 15.0 Å². The average Bonchev–Trinajstić information content (AvgIpc) is 3.59. The van der Waals surface area contributed by atoms with Crippen LogP contribution < -0.4 is 5.32 Å². The van der Waals surface area contributed by atoms with E-state index in [2.05, 4.69) is 43.7 Å². The Bertz CT molecular complexity index is 1400. The van der Waals surface area contributed by atoms with Gasteiger partial charge in [-0.1, -0.05) is 30.3 Å². The number of H-pyrrole nitrogens is 1. The molecule has 5 aromatic rings. The molecule has 0 spiro atoms. The minimum absolute atomic E-state index is 0.110. The van der Waals surface area contributed by atoms with Crippen LogP contribution in [0.25, 0.3) is 33.3 Å². The van der Waals surface area contributed by atoms with Gasteiger partial charge in [0.1, 0.15) is 12.2 Å². The van der Waals surface area contributed by atoms with Crippen molar-refractivity contribution in [3.63, 3.8) is 0 Å². The van der Waals surface area contributed by atoms with Crippen molar-refractivity contribution >= 4 is 16.9 Å². The molecule has 0 atom stereocenters. The Balaban J connectivity index is 1.35. The van der Waals surface area contributed by atoms with Gasteiger partial charge in [0.2, 0.25) is 5.91 Å². The van der Waals surface area contributed by atoms with Crippen LogP contribution in [0, 0.1) is 0 Å². The van der Waals surface area contributed by atoms with Crippen LogP contribution >= 0.6 is 0 Å². The Hall–Kier alpha value is -4.24. The number of pyridine rings is 1. The molecule has 1 amide bonds. The number of hydrogen-bond donors (Lipinski definition) is 2. The molecule has 0 saturated carbocycles. The predicted octanol–water partition coefficient (Wildman–Crippen LogP) is 3.10. The molecule has 4 aromatic heterocycles. The van der Waals surface area contributed by atoms with E-state index >= 15 is 0 Å². The molecule has 0 fully saturated rings. The molecule has 1 aromatic carbocycles. The highest BCUT2D eigenvalue weighted by Gasteiger charge is 2.12. The highest BCUT2D eigenvalue weighted by atomic mass is 16.5. The Morgan fingerprint density at radius 1 is 1.03 bits per heavy atom. The molecule has 9 nitrogen and oxygen atoms in total. The normalized spacial score (nSPS) is 11.2. The van der Waals surface area contributed by atoms with Crippen LogP contribution in [0.1, 0.15) is 5.56 Å². The third kappa shape index (κ3) is 4.74. The monoisotopic (exact) mass is 455 g/mol. The maximum atomic E-state index is 12.0. The minimum atomic E-state index is -0.110.